The highest BCUT2D eigenvalue weighted by atomic mass is 35.6. The van der Waals surface area contributed by atoms with E-state index >= 15 is 0 Å². The van der Waals surface area contributed by atoms with Gasteiger partial charge in [-0.15, -0.1) is 11.3 Å². The van der Waals surface area contributed by atoms with Crippen LogP contribution in [0.2, 0.25) is 0 Å². The number of carbonyl (C=O) groups excluding carboxylic acids is 1. The lowest BCUT2D eigenvalue weighted by Gasteiger charge is -2.31. The number of nitrogens with one attached hydrogen (secondary N) is 1. The van der Waals surface area contributed by atoms with E-state index in [-0.39, 0.29) is 13.2 Å². The van der Waals surface area contributed by atoms with Gasteiger partial charge in [0.2, 0.25) is 3.79 Å². The molecule has 0 bridgehead atoms. The van der Waals surface area contributed by atoms with E-state index in [9.17, 15) is 9.36 Å². The van der Waals surface area contributed by atoms with Crippen molar-refractivity contribution in [2.75, 3.05) is 13.2 Å². The largest absolute Gasteiger partial charge is 0.357 e. The summed E-state index contributed by atoms with van der Waals surface area (Å²) in [5.41, 5.74) is 0. The molecule has 1 unspecified atom stereocenters. The second kappa shape index (κ2) is 8.16. The molecule has 0 spiro atoms. The quantitative estimate of drug-likeness (QED) is 0.548. The van der Waals surface area contributed by atoms with Crippen LogP contribution in [0.1, 0.15) is 23.5 Å². The maximum atomic E-state index is 12.8. The van der Waals surface area contributed by atoms with Gasteiger partial charge in [-0.3, -0.25) is 9.36 Å². The number of amides is 1. The number of hydrogen-bond acceptors (Lipinski definition) is 5. The maximum Gasteiger partial charge on any atom is 0.357 e. The molecule has 0 saturated carbocycles. The summed E-state index contributed by atoms with van der Waals surface area (Å²) >= 11 is 18.8. The highest BCUT2D eigenvalue weighted by molar-refractivity contribution is 7.55. The number of halogens is 3. The van der Waals surface area contributed by atoms with Crippen molar-refractivity contribution in [2.45, 2.75) is 23.4 Å². The molecule has 1 rings (SSSR count). The van der Waals surface area contributed by atoms with Gasteiger partial charge in [0, 0.05) is 0 Å². The Morgan fingerprint density at radius 1 is 1.38 bits per heavy atom. The molecule has 1 amide bonds. The summed E-state index contributed by atoms with van der Waals surface area (Å²) in [6.07, 6.45) is 0. The van der Waals surface area contributed by atoms with Crippen LogP contribution in [0.25, 0.3) is 0 Å². The summed E-state index contributed by atoms with van der Waals surface area (Å²) in [6, 6.07) is 3.30. The van der Waals surface area contributed by atoms with Crippen LogP contribution in [0.3, 0.4) is 0 Å². The first-order valence-corrected chi connectivity index (χ1v) is 9.67. The van der Waals surface area contributed by atoms with Crippen LogP contribution in [0.5, 0.6) is 0 Å². The van der Waals surface area contributed by atoms with E-state index < -0.39 is 23.1 Å². The lowest BCUT2D eigenvalue weighted by molar-refractivity contribution is 0.0942. The van der Waals surface area contributed by atoms with Gasteiger partial charge in [-0.1, -0.05) is 40.9 Å². The van der Waals surface area contributed by atoms with Crippen molar-refractivity contribution in [1.29, 1.82) is 0 Å². The molecule has 120 valence electrons. The van der Waals surface area contributed by atoms with E-state index in [1.165, 1.54) is 11.3 Å². The molecule has 1 heterocycles. The molecule has 1 aromatic rings. The second-order valence-electron chi connectivity index (χ2n) is 3.77. The summed E-state index contributed by atoms with van der Waals surface area (Å²) in [5.74, 6) is -1.93. The zero-order chi connectivity index (χ0) is 16.1. The molecule has 0 radical (unpaired) electrons. The minimum absolute atomic E-state index is 0.0867. The first kappa shape index (κ1) is 19.2. The molecule has 0 aromatic carbocycles. The predicted octanol–water partition coefficient (Wildman–Crippen LogP) is 4.44. The summed E-state index contributed by atoms with van der Waals surface area (Å²) in [6.45, 7) is 3.43. The van der Waals surface area contributed by atoms with Gasteiger partial charge in [-0.05, 0) is 25.3 Å². The van der Waals surface area contributed by atoms with E-state index in [0.717, 1.165) is 0 Å². The van der Waals surface area contributed by atoms with Crippen LogP contribution in [0.4, 0.5) is 0 Å². The zero-order valence-electron chi connectivity index (χ0n) is 11.3. The van der Waals surface area contributed by atoms with Crippen molar-refractivity contribution < 1.29 is 18.4 Å². The molecule has 5 nitrogen and oxygen atoms in total. The molecule has 0 aliphatic rings. The van der Waals surface area contributed by atoms with Crippen molar-refractivity contribution in [1.82, 2.24) is 5.32 Å². The van der Waals surface area contributed by atoms with E-state index in [1.54, 1.807) is 31.4 Å². The van der Waals surface area contributed by atoms with Crippen LogP contribution in [0, 0.1) is 0 Å². The summed E-state index contributed by atoms with van der Waals surface area (Å²) in [7, 11) is -3.83. The fourth-order valence-electron chi connectivity index (χ4n) is 1.49. The Labute approximate surface area is 142 Å². The number of hydrogen-bond donors (Lipinski definition) is 1. The average Bonchev–Trinajstić information content (AvgIpc) is 2.88. The fraction of sp³-hybridized carbons (Fsp3) is 0.545. The van der Waals surface area contributed by atoms with Crippen molar-refractivity contribution in [3.8, 4) is 0 Å². The van der Waals surface area contributed by atoms with E-state index in [1.807, 2.05) is 0 Å². The Kier molecular flexibility index (Phi) is 7.47. The van der Waals surface area contributed by atoms with Gasteiger partial charge in [0.25, 0.3) is 5.91 Å². The first-order valence-electron chi connectivity index (χ1n) is 6.04. The zero-order valence-corrected chi connectivity index (χ0v) is 15.3. The normalized spacial score (nSPS) is 14.0. The number of thiophene rings is 1. The molecule has 1 atom stereocenters. The molecule has 0 saturated heterocycles. The van der Waals surface area contributed by atoms with Gasteiger partial charge < -0.3 is 14.4 Å². The molecule has 0 fully saturated rings. The smallest absolute Gasteiger partial charge is 0.334 e. The molecule has 10 heteroatoms. The predicted molar refractivity (Wildman–Crippen MR) is 86.7 cm³/mol. The van der Waals surface area contributed by atoms with Crippen LogP contribution < -0.4 is 5.32 Å². The third-order valence-corrected chi connectivity index (χ3v) is 6.62. The lowest BCUT2D eigenvalue weighted by Crippen LogP contribution is -2.44. The van der Waals surface area contributed by atoms with Gasteiger partial charge in [-0.25, -0.2) is 0 Å². The minimum atomic E-state index is -3.83. The standard InChI is InChI=1S/C11H15Cl3NO4PS/c1-3-18-20(17,19-4-2)10(11(12,13)14)15-9(16)8-6-5-7-21-8/h5-7,10H,3-4H2,1-2H3,(H,15,16). The van der Waals surface area contributed by atoms with Crippen molar-refractivity contribution in [3.63, 3.8) is 0 Å². The first-order chi connectivity index (χ1) is 9.74. The van der Waals surface area contributed by atoms with E-state index in [4.69, 9.17) is 43.9 Å². The Hall–Kier alpha value is 0.190. The molecule has 21 heavy (non-hydrogen) atoms. The third kappa shape index (κ3) is 5.39. The number of alkyl halides is 3. The summed E-state index contributed by atoms with van der Waals surface area (Å²) in [5, 5.41) is 4.16. The van der Waals surface area contributed by atoms with Gasteiger partial charge in [0.05, 0.1) is 18.1 Å². The van der Waals surface area contributed by atoms with Crippen molar-refractivity contribution in [3.05, 3.63) is 22.4 Å². The topological polar surface area (TPSA) is 64.6 Å². The SMILES string of the molecule is CCOP(=O)(OCC)C(NC(=O)c1cccs1)C(Cl)(Cl)Cl. The molecule has 1 aromatic heterocycles. The van der Waals surface area contributed by atoms with Gasteiger partial charge in [0.15, 0.2) is 5.78 Å². The number of rotatable bonds is 7. The van der Waals surface area contributed by atoms with Crippen LogP contribution >= 0.6 is 53.7 Å². The minimum Gasteiger partial charge on any atom is -0.334 e. The van der Waals surface area contributed by atoms with Gasteiger partial charge in [0.1, 0.15) is 0 Å². The third-order valence-electron chi connectivity index (χ3n) is 2.26. The molecular formula is C11H15Cl3NO4PS. The molecule has 1 N–H and O–H groups in total. The Balaban J connectivity index is 3.05. The van der Waals surface area contributed by atoms with E-state index in [2.05, 4.69) is 5.32 Å². The van der Waals surface area contributed by atoms with Crippen molar-refractivity contribution >= 4 is 59.6 Å². The Bertz CT molecular complexity index is 496. The van der Waals surface area contributed by atoms with Crippen LogP contribution in [-0.4, -0.2) is 28.7 Å². The molecule has 0 aliphatic carbocycles. The Morgan fingerprint density at radius 2 is 1.95 bits per heavy atom. The summed E-state index contributed by atoms with van der Waals surface area (Å²) < 4.78 is 21.0. The second-order valence-corrected chi connectivity index (χ2v) is 9.20. The highest BCUT2D eigenvalue weighted by Crippen LogP contribution is 2.58. The fourth-order valence-corrected chi connectivity index (χ4v) is 5.08. The molecule has 0 aliphatic heterocycles. The number of carbonyl (C=O) groups is 1. The van der Waals surface area contributed by atoms with Gasteiger partial charge in [-0.2, -0.15) is 0 Å². The van der Waals surface area contributed by atoms with E-state index in [0.29, 0.717) is 4.88 Å². The summed E-state index contributed by atoms with van der Waals surface area (Å²) in [4.78, 5) is 12.5. The maximum absolute atomic E-state index is 12.8. The highest BCUT2D eigenvalue weighted by Gasteiger charge is 2.49. The average molecular weight is 395 g/mol. The monoisotopic (exact) mass is 393 g/mol. The van der Waals surface area contributed by atoms with Gasteiger partial charge >= 0.3 is 7.60 Å². The van der Waals surface area contributed by atoms with Crippen molar-refractivity contribution in [2.24, 2.45) is 0 Å². The Morgan fingerprint density at radius 3 is 2.33 bits per heavy atom. The molecular weight excluding hydrogens is 380 g/mol. The van der Waals surface area contributed by atoms with Crippen LogP contribution in [0.15, 0.2) is 17.5 Å². The lowest BCUT2D eigenvalue weighted by atomic mass is 10.4. The van der Waals surface area contributed by atoms with Crippen LogP contribution in [-0.2, 0) is 13.6 Å².